The quantitative estimate of drug-likeness (QED) is 0.838. The van der Waals surface area contributed by atoms with E-state index < -0.39 is 0 Å². The smallest absolute Gasteiger partial charge is 0.251 e. The SMILES string of the molecule is CC(C(=O)Nc1ccc(N(C)C(C)C)c(F)c1)=C1CNC1. The number of hydrogen-bond acceptors (Lipinski definition) is 3. The summed E-state index contributed by atoms with van der Waals surface area (Å²) >= 11 is 0. The predicted octanol–water partition coefficient (Wildman–Crippen LogP) is 2.53. The lowest BCUT2D eigenvalue weighted by Gasteiger charge is -2.24. The summed E-state index contributed by atoms with van der Waals surface area (Å²) in [4.78, 5) is 13.9. The van der Waals surface area contributed by atoms with Crippen molar-refractivity contribution < 1.29 is 9.18 Å². The van der Waals surface area contributed by atoms with E-state index in [1.165, 1.54) is 6.07 Å². The summed E-state index contributed by atoms with van der Waals surface area (Å²) in [6.45, 7) is 7.30. The molecular formula is C16H22FN3O. The van der Waals surface area contributed by atoms with Gasteiger partial charge in [0.15, 0.2) is 0 Å². The van der Waals surface area contributed by atoms with E-state index in [1.807, 2.05) is 25.8 Å². The topological polar surface area (TPSA) is 44.4 Å². The van der Waals surface area contributed by atoms with Gasteiger partial charge in [-0.25, -0.2) is 4.39 Å². The van der Waals surface area contributed by atoms with Crippen LogP contribution in [0.15, 0.2) is 29.3 Å². The molecule has 2 rings (SSSR count). The summed E-state index contributed by atoms with van der Waals surface area (Å²) in [5.41, 5.74) is 2.81. The van der Waals surface area contributed by atoms with Crippen LogP contribution >= 0.6 is 0 Å². The number of nitrogens with one attached hydrogen (secondary N) is 2. The van der Waals surface area contributed by atoms with Gasteiger partial charge in [0.2, 0.25) is 0 Å². The van der Waals surface area contributed by atoms with E-state index in [0.717, 1.165) is 18.7 Å². The van der Waals surface area contributed by atoms with Gasteiger partial charge in [-0.1, -0.05) is 0 Å². The van der Waals surface area contributed by atoms with E-state index in [2.05, 4.69) is 10.6 Å². The number of carbonyl (C=O) groups excluding carboxylic acids is 1. The third-order valence-corrected chi connectivity index (χ3v) is 3.91. The molecule has 0 aliphatic carbocycles. The maximum atomic E-state index is 14.1. The molecule has 0 bridgehead atoms. The number of hydrogen-bond donors (Lipinski definition) is 2. The van der Waals surface area contributed by atoms with Gasteiger partial charge < -0.3 is 15.5 Å². The zero-order valence-electron chi connectivity index (χ0n) is 13.0. The van der Waals surface area contributed by atoms with Crippen molar-refractivity contribution in [2.75, 3.05) is 30.4 Å². The van der Waals surface area contributed by atoms with Crippen LogP contribution in [-0.4, -0.2) is 32.1 Å². The van der Waals surface area contributed by atoms with E-state index >= 15 is 0 Å². The zero-order chi connectivity index (χ0) is 15.6. The van der Waals surface area contributed by atoms with E-state index in [4.69, 9.17) is 0 Å². The lowest BCUT2D eigenvalue weighted by molar-refractivity contribution is -0.112. The second-order valence-electron chi connectivity index (χ2n) is 5.66. The van der Waals surface area contributed by atoms with Gasteiger partial charge in [0.05, 0.1) is 5.69 Å². The molecule has 114 valence electrons. The Bertz CT molecular complexity index is 575. The predicted molar refractivity (Wildman–Crippen MR) is 84.1 cm³/mol. The molecule has 1 aromatic rings. The van der Waals surface area contributed by atoms with Gasteiger partial charge in [0.1, 0.15) is 5.82 Å². The van der Waals surface area contributed by atoms with Gasteiger partial charge in [0, 0.05) is 37.4 Å². The van der Waals surface area contributed by atoms with Crippen LogP contribution in [0.1, 0.15) is 20.8 Å². The summed E-state index contributed by atoms with van der Waals surface area (Å²) in [7, 11) is 1.85. The van der Waals surface area contributed by atoms with Crippen LogP contribution in [-0.2, 0) is 4.79 Å². The highest BCUT2D eigenvalue weighted by Crippen LogP contribution is 2.24. The monoisotopic (exact) mass is 291 g/mol. The Labute approximate surface area is 125 Å². The van der Waals surface area contributed by atoms with Gasteiger partial charge in [-0.05, 0) is 44.5 Å². The highest BCUT2D eigenvalue weighted by atomic mass is 19.1. The van der Waals surface area contributed by atoms with Crippen molar-refractivity contribution in [1.29, 1.82) is 0 Å². The number of carbonyl (C=O) groups is 1. The molecule has 0 saturated carbocycles. The summed E-state index contributed by atoms with van der Waals surface area (Å²) in [6, 6.07) is 4.99. The number of halogens is 1. The first kappa shape index (κ1) is 15.5. The molecule has 0 spiro atoms. The number of amides is 1. The largest absolute Gasteiger partial charge is 0.370 e. The van der Waals surface area contributed by atoms with E-state index in [1.54, 1.807) is 19.1 Å². The minimum Gasteiger partial charge on any atom is -0.370 e. The number of nitrogens with zero attached hydrogens (tertiary/aromatic N) is 1. The molecular weight excluding hydrogens is 269 g/mol. The van der Waals surface area contributed by atoms with Crippen LogP contribution in [0.3, 0.4) is 0 Å². The molecule has 1 amide bonds. The Morgan fingerprint density at radius 2 is 2.05 bits per heavy atom. The Morgan fingerprint density at radius 1 is 1.38 bits per heavy atom. The molecule has 1 fully saturated rings. The first-order valence-electron chi connectivity index (χ1n) is 7.13. The number of anilines is 2. The highest BCUT2D eigenvalue weighted by Gasteiger charge is 2.17. The highest BCUT2D eigenvalue weighted by molar-refractivity contribution is 6.04. The average molecular weight is 291 g/mol. The first-order chi connectivity index (χ1) is 9.90. The fourth-order valence-electron chi connectivity index (χ4n) is 2.05. The molecule has 0 atom stereocenters. The maximum Gasteiger partial charge on any atom is 0.251 e. The minimum atomic E-state index is -0.334. The lowest BCUT2D eigenvalue weighted by atomic mass is 10.0. The van der Waals surface area contributed by atoms with Gasteiger partial charge >= 0.3 is 0 Å². The van der Waals surface area contributed by atoms with Gasteiger partial charge in [-0.2, -0.15) is 0 Å². The normalized spacial score (nSPS) is 13.9. The van der Waals surface area contributed by atoms with Crippen LogP contribution < -0.4 is 15.5 Å². The molecule has 1 aromatic carbocycles. The van der Waals surface area contributed by atoms with Crippen molar-refractivity contribution in [3.8, 4) is 0 Å². The molecule has 0 aromatic heterocycles. The third-order valence-electron chi connectivity index (χ3n) is 3.91. The Hall–Kier alpha value is -1.88. The molecule has 4 nitrogen and oxygen atoms in total. The van der Waals surface area contributed by atoms with Crippen molar-refractivity contribution in [3.63, 3.8) is 0 Å². The summed E-state index contributed by atoms with van der Waals surface area (Å²) < 4.78 is 14.1. The fourth-order valence-corrected chi connectivity index (χ4v) is 2.05. The van der Waals surface area contributed by atoms with Gasteiger partial charge in [-0.3, -0.25) is 4.79 Å². The Kier molecular flexibility index (Phi) is 4.63. The molecule has 1 aliphatic rings. The van der Waals surface area contributed by atoms with Crippen molar-refractivity contribution >= 4 is 17.3 Å². The van der Waals surface area contributed by atoms with Crippen molar-refractivity contribution in [1.82, 2.24) is 5.32 Å². The Balaban J connectivity index is 2.12. The standard InChI is InChI=1S/C16H22FN3O/c1-10(2)20(4)15-6-5-13(7-14(15)17)19-16(21)11(3)12-8-18-9-12/h5-7,10,18H,8-9H2,1-4H3,(H,19,21). The van der Waals surface area contributed by atoms with E-state index in [9.17, 15) is 9.18 Å². The summed E-state index contributed by atoms with van der Waals surface area (Å²) in [5.74, 6) is -0.504. The van der Waals surface area contributed by atoms with E-state index in [-0.39, 0.29) is 17.8 Å². The molecule has 21 heavy (non-hydrogen) atoms. The van der Waals surface area contributed by atoms with Crippen LogP contribution in [0, 0.1) is 5.82 Å². The lowest BCUT2D eigenvalue weighted by Crippen LogP contribution is -2.36. The Morgan fingerprint density at radius 3 is 2.52 bits per heavy atom. The van der Waals surface area contributed by atoms with E-state index in [0.29, 0.717) is 16.9 Å². The van der Waals surface area contributed by atoms with Crippen molar-refractivity contribution in [3.05, 3.63) is 35.2 Å². The molecule has 0 unspecified atom stereocenters. The van der Waals surface area contributed by atoms with Crippen molar-refractivity contribution in [2.24, 2.45) is 0 Å². The van der Waals surface area contributed by atoms with Crippen molar-refractivity contribution in [2.45, 2.75) is 26.8 Å². The maximum absolute atomic E-state index is 14.1. The first-order valence-corrected chi connectivity index (χ1v) is 7.13. The molecule has 0 radical (unpaired) electrons. The molecule has 2 N–H and O–H groups in total. The average Bonchev–Trinajstić information content (AvgIpc) is 2.35. The van der Waals surface area contributed by atoms with Gasteiger partial charge in [0.25, 0.3) is 5.91 Å². The second kappa shape index (κ2) is 6.26. The third kappa shape index (κ3) is 3.42. The summed E-state index contributed by atoms with van der Waals surface area (Å²) in [5, 5.41) is 5.84. The van der Waals surface area contributed by atoms with Crippen LogP contribution in [0.2, 0.25) is 0 Å². The van der Waals surface area contributed by atoms with Crippen LogP contribution in [0.5, 0.6) is 0 Å². The van der Waals surface area contributed by atoms with Gasteiger partial charge in [-0.15, -0.1) is 0 Å². The molecule has 5 heteroatoms. The van der Waals surface area contributed by atoms with Crippen LogP contribution in [0.4, 0.5) is 15.8 Å². The number of rotatable bonds is 4. The summed E-state index contributed by atoms with van der Waals surface area (Å²) in [6.07, 6.45) is 0. The molecule has 1 heterocycles. The minimum absolute atomic E-state index is 0.170. The molecule has 1 saturated heterocycles. The van der Waals surface area contributed by atoms with Crippen LogP contribution in [0.25, 0.3) is 0 Å². The fraction of sp³-hybridized carbons (Fsp3) is 0.438. The second-order valence-corrected chi connectivity index (χ2v) is 5.66. The molecule has 1 aliphatic heterocycles. The number of benzene rings is 1. The zero-order valence-corrected chi connectivity index (χ0v) is 13.0.